The van der Waals surface area contributed by atoms with E-state index in [1.54, 1.807) is 4.90 Å². The van der Waals surface area contributed by atoms with Crippen LogP contribution < -0.4 is 5.73 Å². The zero-order valence-electron chi connectivity index (χ0n) is 8.62. The molecular formula is C9H18N4O. The third-order valence-corrected chi connectivity index (χ3v) is 2.51. The van der Waals surface area contributed by atoms with E-state index in [4.69, 9.17) is 11.1 Å². The molecule has 0 radical (unpaired) electrons. The third kappa shape index (κ3) is 2.99. The van der Waals surface area contributed by atoms with Crippen molar-refractivity contribution in [2.45, 2.75) is 13.3 Å². The van der Waals surface area contributed by atoms with Crippen LogP contribution >= 0.6 is 0 Å². The number of piperazine rings is 1. The summed E-state index contributed by atoms with van der Waals surface area (Å²) in [6.45, 7) is 6.54. The quantitative estimate of drug-likeness (QED) is 0.473. The van der Waals surface area contributed by atoms with Gasteiger partial charge in [-0.1, -0.05) is 6.92 Å². The molecule has 1 fully saturated rings. The van der Waals surface area contributed by atoms with Crippen LogP contribution in [-0.2, 0) is 4.79 Å². The summed E-state index contributed by atoms with van der Waals surface area (Å²) in [7, 11) is 0. The molecule has 0 atom stereocenters. The van der Waals surface area contributed by atoms with Gasteiger partial charge in [0.15, 0.2) is 0 Å². The second-order valence-corrected chi connectivity index (χ2v) is 3.52. The zero-order chi connectivity index (χ0) is 10.6. The van der Waals surface area contributed by atoms with Gasteiger partial charge in [-0.25, -0.2) is 0 Å². The molecule has 5 nitrogen and oxygen atoms in total. The second-order valence-electron chi connectivity index (χ2n) is 3.52. The number of carbonyl (C=O) groups is 1. The van der Waals surface area contributed by atoms with Crippen molar-refractivity contribution in [3.05, 3.63) is 0 Å². The molecule has 0 saturated carbocycles. The largest absolute Gasteiger partial charge is 0.387 e. The Morgan fingerprint density at radius 3 is 2.36 bits per heavy atom. The normalized spacial score (nSPS) is 18.2. The first-order chi connectivity index (χ1) is 6.63. The summed E-state index contributed by atoms with van der Waals surface area (Å²) in [5.41, 5.74) is 5.18. The molecule has 0 spiro atoms. The van der Waals surface area contributed by atoms with Crippen molar-refractivity contribution in [2.24, 2.45) is 5.73 Å². The smallest absolute Gasteiger partial charge is 0.230 e. The summed E-state index contributed by atoms with van der Waals surface area (Å²) < 4.78 is 0. The van der Waals surface area contributed by atoms with Gasteiger partial charge in [0.2, 0.25) is 5.91 Å². The summed E-state index contributed by atoms with van der Waals surface area (Å²) in [6, 6.07) is 0. The number of hydrogen-bond acceptors (Lipinski definition) is 3. The molecule has 0 aromatic heterocycles. The van der Waals surface area contributed by atoms with Gasteiger partial charge in [0.25, 0.3) is 0 Å². The maximum absolute atomic E-state index is 11.5. The molecule has 0 aliphatic carbocycles. The van der Waals surface area contributed by atoms with Gasteiger partial charge in [-0.05, 0) is 6.54 Å². The number of amides is 1. The van der Waals surface area contributed by atoms with Gasteiger partial charge < -0.3 is 15.5 Å². The summed E-state index contributed by atoms with van der Waals surface area (Å²) in [4.78, 5) is 15.6. The van der Waals surface area contributed by atoms with Gasteiger partial charge in [-0.2, -0.15) is 0 Å². The maximum Gasteiger partial charge on any atom is 0.230 e. The van der Waals surface area contributed by atoms with Crippen molar-refractivity contribution >= 4 is 11.7 Å². The van der Waals surface area contributed by atoms with Crippen LogP contribution in [0.5, 0.6) is 0 Å². The van der Waals surface area contributed by atoms with Crippen LogP contribution in [0.25, 0.3) is 0 Å². The number of amidine groups is 1. The Hall–Kier alpha value is -1.10. The highest BCUT2D eigenvalue weighted by Gasteiger charge is 2.19. The van der Waals surface area contributed by atoms with Crippen molar-refractivity contribution in [3.8, 4) is 0 Å². The molecule has 0 aromatic carbocycles. The van der Waals surface area contributed by atoms with Gasteiger partial charge in [-0.15, -0.1) is 0 Å². The summed E-state index contributed by atoms with van der Waals surface area (Å²) in [6.07, 6.45) is 0.0616. The van der Waals surface area contributed by atoms with Crippen molar-refractivity contribution in [2.75, 3.05) is 32.7 Å². The fraction of sp³-hybridized carbons (Fsp3) is 0.778. The highest BCUT2D eigenvalue weighted by molar-refractivity contribution is 5.97. The van der Waals surface area contributed by atoms with E-state index in [-0.39, 0.29) is 18.2 Å². The molecule has 0 aromatic rings. The molecule has 1 aliphatic heterocycles. The number of nitrogens with two attached hydrogens (primary N) is 1. The number of carbonyl (C=O) groups excluding carboxylic acids is 1. The lowest BCUT2D eigenvalue weighted by molar-refractivity contribution is -0.131. The van der Waals surface area contributed by atoms with Gasteiger partial charge in [0.05, 0.1) is 12.3 Å². The van der Waals surface area contributed by atoms with Crippen LogP contribution in [-0.4, -0.2) is 54.3 Å². The van der Waals surface area contributed by atoms with E-state index in [1.165, 1.54) is 0 Å². The highest BCUT2D eigenvalue weighted by Crippen LogP contribution is 2.02. The number of likely N-dealkylation sites (N-methyl/N-ethyl adjacent to an activating group) is 1. The Balaban J connectivity index is 2.34. The first-order valence-electron chi connectivity index (χ1n) is 4.96. The van der Waals surface area contributed by atoms with Crippen LogP contribution in [0.3, 0.4) is 0 Å². The van der Waals surface area contributed by atoms with Crippen LogP contribution in [0.15, 0.2) is 0 Å². The van der Waals surface area contributed by atoms with E-state index in [0.29, 0.717) is 0 Å². The molecule has 14 heavy (non-hydrogen) atoms. The van der Waals surface area contributed by atoms with Crippen molar-refractivity contribution in [1.82, 2.24) is 9.80 Å². The highest BCUT2D eigenvalue weighted by atomic mass is 16.2. The number of nitrogens with one attached hydrogen (secondary N) is 1. The number of hydrogen-bond donors (Lipinski definition) is 2. The Labute approximate surface area is 84.4 Å². The maximum atomic E-state index is 11.5. The molecular weight excluding hydrogens is 180 g/mol. The first kappa shape index (κ1) is 11.0. The van der Waals surface area contributed by atoms with E-state index < -0.39 is 0 Å². The summed E-state index contributed by atoms with van der Waals surface area (Å²) in [5.74, 6) is -0.0684. The van der Waals surface area contributed by atoms with E-state index in [1.807, 2.05) is 0 Å². The first-order valence-corrected chi connectivity index (χ1v) is 4.96. The minimum Gasteiger partial charge on any atom is -0.387 e. The Morgan fingerprint density at radius 2 is 1.93 bits per heavy atom. The average Bonchev–Trinajstić information content (AvgIpc) is 2.17. The van der Waals surface area contributed by atoms with E-state index >= 15 is 0 Å². The van der Waals surface area contributed by atoms with Gasteiger partial charge in [-0.3, -0.25) is 10.2 Å². The zero-order valence-corrected chi connectivity index (χ0v) is 8.62. The van der Waals surface area contributed by atoms with E-state index in [9.17, 15) is 4.79 Å². The molecule has 1 amide bonds. The van der Waals surface area contributed by atoms with Crippen LogP contribution in [0.4, 0.5) is 0 Å². The van der Waals surface area contributed by atoms with Crippen molar-refractivity contribution in [3.63, 3.8) is 0 Å². The third-order valence-electron chi connectivity index (χ3n) is 2.51. The average molecular weight is 198 g/mol. The molecule has 1 heterocycles. The number of rotatable bonds is 3. The second kappa shape index (κ2) is 4.95. The predicted molar refractivity (Wildman–Crippen MR) is 55.2 cm³/mol. The molecule has 1 rings (SSSR count). The monoisotopic (exact) mass is 198 g/mol. The molecule has 5 heteroatoms. The Morgan fingerprint density at radius 1 is 1.36 bits per heavy atom. The van der Waals surface area contributed by atoms with Gasteiger partial charge >= 0.3 is 0 Å². The fourth-order valence-corrected chi connectivity index (χ4v) is 1.59. The molecule has 3 N–H and O–H groups in total. The predicted octanol–water partition coefficient (Wildman–Crippen LogP) is -0.523. The van der Waals surface area contributed by atoms with E-state index in [0.717, 1.165) is 32.7 Å². The standard InChI is InChI=1S/C9H18N4O/c1-2-12-3-5-13(6-4-12)9(14)7-8(10)11/h2-7H2,1H3,(H3,10,11). The molecule has 1 saturated heterocycles. The summed E-state index contributed by atoms with van der Waals surface area (Å²) >= 11 is 0. The van der Waals surface area contributed by atoms with Crippen LogP contribution in [0.1, 0.15) is 13.3 Å². The molecule has 80 valence electrons. The Kier molecular flexibility index (Phi) is 3.88. The molecule has 1 aliphatic rings. The minimum atomic E-state index is -0.0482. The lowest BCUT2D eigenvalue weighted by Gasteiger charge is -2.34. The van der Waals surface area contributed by atoms with Gasteiger partial charge in [0, 0.05) is 26.2 Å². The lowest BCUT2D eigenvalue weighted by Crippen LogP contribution is -2.49. The van der Waals surface area contributed by atoms with Crippen LogP contribution in [0, 0.1) is 5.41 Å². The fourth-order valence-electron chi connectivity index (χ4n) is 1.59. The minimum absolute atomic E-state index is 0.0201. The van der Waals surface area contributed by atoms with Crippen molar-refractivity contribution < 1.29 is 4.79 Å². The van der Waals surface area contributed by atoms with Crippen LogP contribution in [0.2, 0.25) is 0 Å². The van der Waals surface area contributed by atoms with E-state index in [2.05, 4.69) is 11.8 Å². The van der Waals surface area contributed by atoms with Gasteiger partial charge in [0.1, 0.15) is 0 Å². The molecule has 0 bridgehead atoms. The van der Waals surface area contributed by atoms with Crippen molar-refractivity contribution in [1.29, 1.82) is 5.41 Å². The Bertz CT molecular complexity index is 221. The summed E-state index contributed by atoms with van der Waals surface area (Å²) in [5, 5.41) is 7.04. The number of nitrogens with zero attached hydrogens (tertiary/aromatic N) is 2. The SMILES string of the molecule is CCN1CCN(C(=O)CC(=N)N)CC1. The topological polar surface area (TPSA) is 73.4 Å². The molecule has 0 unspecified atom stereocenters. The lowest BCUT2D eigenvalue weighted by atomic mass is 10.2.